The number of hydrogen-bond acceptors (Lipinski definition) is 4. The molecule has 0 unspecified atom stereocenters. The molecule has 2 aromatic heterocycles. The first-order valence-electron chi connectivity index (χ1n) is 24.8. The Balaban J connectivity index is 1.13. The van der Waals surface area contributed by atoms with Crippen molar-refractivity contribution in [2.75, 3.05) is 9.80 Å². The number of furan rings is 2. The maximum absolute atomic E-state index is 6.83. The van der Waals surface area contributed by atoms with Gasteiger partial charge in [0, 0.05) is 61.7 Å². The number of para-hydroxylation sites is 1. The standard InChI is InChI=1S/C64H61BN2O2/c1-61(2,3)40-22-27-52-50(32-40)65-51-33-41(62(4,5)6)23-28-53(51)67(45-24-26-48-47-25-21-42(63(7,8)9)36-58(47)69-59(48)37-45)55-35-43(64(10,11)12)34-54(60(55)65)66(52)44-17-15-16-38(30-44)39-20-29-57-49(31-39)46-18-13-14-19-56(46)68-57/h13-37H,1-12H3. The van der Waals surface area contributed by atoms with E-state index in [1.165, 1.54) is 61.4 Å². The zero-order chi connectivity index (χ0) is 48.1. The van der Waals surface area contributed by atoms with Crippen LogP contribution >= 0.6 is 0 Å². The molecule has 0 radical (unpaired) electrons. The van der Waals surface area contributed by atoms with Crippen molar-refractivity contribution in [3.63, 3.8) is 0 Å². The predicted molar refractivity (Wildman–Crippen MR) is 295 cm³/mol. The largest absolute Gasteiger partial charge is 0.456 e. The highest BCUT2D eigenvalue weighted by Crippen LogP contribution is 2.48. The lowest BCUT2D eigenvalue weighted by Crippen LogP contribution is -2.61. The van der Waals surface area contributed by atoms with Crippen molar-refractivity contribution in [2.45, 2.75) is 105 Å². The normalized spacial score (nSPS) is 14.0. The van der Waals surface area contributed by atoms with Gasteiger partial charge < -0.3 is 18.6 Å². The zero-order valence-corrected chi connectivity index (χ0v) is 42.2. The molecule has 0 spiro atoms. The third kappa shape index (κ3) is 6.94. The van der Waals surface area contributed by atoms with E-state index in [2.05, 4.69) is 238 Å². The molecular weight excluding hydrogens is 840 g/mol. The fraction of sp³-hybridized carbons (Fsp3) is 0.250. The second-order valence-corrected chi connectivity index (χ2v) is 23.9. The molecule has 4 nitrogen and oxygen atoms in total. The van der Waals surface area contributed by atoms with E-state index in [9.17, 15) is 0 Å². The van der Waals surface area contributed by atoms with Gasteiger partial charge in [0.1, 0.15) is 22.3 Å². The van der Waals surface area contributed by atoms with Crippen LogP contribution in [0.4, 0.5) is 34.1 Å². The molecule has 69 heavy (non-hydrogen) atoms. The molecule has 0 fully saturated rings. The van der Waals surface area contributed by atoms with E-state index in [1.54, 1.807) is 0 Å². The average Bonchev–Trinajstić information content (AvgIpc) is 3.87. The van der Waals surface area contributed by atoms with Crippen LogP contribution in [0.3, 0.4) is 0 Å². The molecule has 0 atom stereocenters. The Hall–Kier alpha value is -6.98. The van der Waals surface area contributed by atoms with Gasteiger partial charge in [0.05, 0.1) is 0 Å². The van der Waals surface area contributed by atoms with E-state index >= 15 is 0 Å². The van der Waals surface area contributed by atoms with Gasteiger partial charge in [-0.3, -0.25) is 0 Å². The van der Waals surface area contributed by atoms with Gasteiger partial charge in [-0.2, -0.15) is 0 Å². The van der Waals surface area contributed by atoms with E-state index < -0.39 is 0 Å². The molecule has 0 aliphatic carbocycles. The van der Waals surface area contributed by atoms with Crippen LogP contribution in [-0.4, -0.2) is 6.71 Å². The number of benzene rings is 8. The maximum atomic E-state index is 6.83. The van der Waals surface area contributed by atoms with E-state index in [0.717, 1.165) is 66.4 Å². The molecule has 0 saturated carbocycles. The van der Waals surface area contributed by atoms with Gasteiger partial charge in [-0.15, -0.1) is 0 Å². The van der Waals surface area contributed by atoms with E-state index in [4.69, 9.17) is 8.83 Å². The third-order valence-corrected chi connectivity index (χ3v) is 15.1. The highest BCUT2D eigenvalue weighted by atomic mass is 16.3. The molecule has 2 aliphatic heterocycles. The van der Waals surface area contributed by atoms with Gasteiger partial charge in [-0.05, 0) is 144 Å². The van der Waals surface area contributed by atoms with Crippen molar-refractivity contribution >= 4 is 101 Å². The minimum atomic E-state index is -0.150. The quantitative estimate of drug-likeness (QED) is 0.165. The second-order valence-electron chi connectivity index (χ2n) is 23.9. The highest BCUT2D eigenvalue weighted by Gasteiger charge is 2.45. The Labute approximate surface area is 407 Å². The summed E-state index contributed by atoms with van der Waals surface area (Å²) in [6, 6.07) is 57.2. The fourth-order valence-corrected chi connectivity index (χ4v) is 11.0. The van der Waals surface area contributed by atoms with Gasteiger partial charge in [0.25, 0.3) is 6.71 Å². The van der Waals surface area contributed by atoms with Crippen LogP contribution in [0.1, 0.15) is 105 Å². The summed E-state index contributed by atoms with van der Waals surface area (Å²) >= 11 is 0. The van der Waals surface area contributed by atoms with E-state index in [1.807, 2.05) is 6.07 Å². The lowest BCUT2D eigenvalue weighted by atomic mass is 9.33. The van der Waals surface area contributed by atoms with Gasteiger partial charge in [0.2, 0.25) is 0 Å². The summed E-state index contributed by atoms with van der Waals surface area (Å²) in [6.45, 7) is 27.8. The van der Waals surface area contributed by atoms with Crippen LogP contribution in [0, 0.1) is 0 Å². The first-order valence-corrected chi connectivity index (χ1v) is 24.8. The summed E-state index contributed by atoms with van der Waals surface area (Å²) in [5, 5.41) is 4.54. The summed E-state index contributed by atoms with van der Waals surface area (Å²) in [7, 11) is 0. The molecule has 0 bridgehead atoms. The van der Waals surface area contributed by atoms with Crippen LogP contribution in [0.5, 0.6) is 0 Å². The lowest BCUT2D eigenvalue weighted by Gasteiger charge is -2.45. The molecule has 8 aromatic carbocycles. The summed E-state index contributed by atoms with van der Waals surface area (Å²) in [5.74, 6) is 0. The third-order valence-electron chi connectivity index (χ3n) is 15.1. The fourth-order valence-electron chi connectivity index (χ4n) is 11.0. The summed E-state index contributed by atoms with van der Waals surface area (Å²) in [5.41, 5.74) is 21.9. The lowest BCUT2D eigenvalue weighted by molar-refractivity contribution is 0.587. The SMILES string of the molecule is CC(C)(C)c1ccc2c(c1)B1c3cc(C(C)(C)C)ccc3N(c3ccc4c(c3)oc3cc(C(C)(C)C)ccc34)c3cc(C(C)(C)C)cc(c31)N2c1cccc(-c2ccc3oc4ccccc4c3c2)c1. The molecule has 0 N–H and O–H groups in total. The van der Waals surface area contributed by atoms with Gasteiger partial charge in [-0.25, -0.2) is 0 Å². The van der Waals surface area contributed by atoms with Crippen molar-refractivity contribution in [3.8, 4) is 11.1 Å². The zero-order valence-electron chi connectivity index (χ0n) is 42.2. The monoisotopic (exact) mass is 900 g/mol. The molecule has 0 saturated heterocycles. The Morgan fingerprint density at radius 1 is 0.333 bits per heavy atom. The van der Waals surface area contributed by atoms with Crippen molar-refractivity contribution in [3.05, 3.63) is 174 Å². The molecule has 0 amide bonds. The summed E-state index contributed by atoms with van der Waals surface area (Å²) < 4.78 is 13.1. The molecule has 5 heteroatoms. The second kappa shape index (κ2) is 14.8. The number of rotatable bonds is 3. The smallest absolute Gasteiger partial charge is 0.252 e. The Morgan fingerprint density at radius 3 is 1.45 bits per heavy atom. The number of nitrogens with zero attached hydrogens (tertiary/aromatic N) is 2. The molecule has 2 aliphatic rings. The van der Waals surface area contributed by atoms with Crippen molar-refractivity contribution < 1.29 is 8.83 Å². The van der Waals surface area contributed by atoms with Crippen molar-refractivity contribution in [1.29, 1.82) is 0 Å². The Bertz CT molecular complexity index is 3750. The van der Waals surface area contributed by atoms with Crippen molar-refractivity contribution in [2.24, 2.45) is 0 Å². The van der Waals surface area contributed by atoms with Gasteiger partial charge in [-0.1, -0.05) is 156 Å². The van der Waals surface area contributed by atoms with E-state index in [-0.39, 0.29) is 28.4 Å². The number of hydrogen-bond donors (Lipinski definition) is 0. The minimum absolute atomic E-state index is 0.0147. The average molecular weight is 901 g/mol. The number of anilines is 6. The number of fused-ring (bicyclic) bond motifs is 10. The molecule has 10 aromatic rings. The first-order chi connectivity index (χ1) is 32.7. The topological polar surface area (TPSA) is 32.8 Å². The molecule has 342 valence electrons. The van der Waals surface area contributed by atoms with Crippen LogP contribution in [-0.2, 0) is 21.7 Å². The highest BCUT2D eigenvalue weighted by molar-refractivity contribution is 7.00. The van der Waals surface area contributed by atoms with Crippen LogP contribution in [0.15, 0.2) is 160 Å². The van der Waals surface area contributed by atoms with Crippen molar-refractivity contribution in [1.82, 2.24) is 0 Å². The van der Waals surface area contributed by atoms with Crippen LogP contribution in [0.2, 0.25) is 0 Å². The Morgan fingerprint density at radius 2 is 0.826 bits per heavy atom. The van der Waals surface area contributed by atoms with Crippen LogP contribution in [0.25, 0.3) is 55.0 Å². The predicted octanol–water partition coefficient (Wildman–Crippen LogP) is 16.4. The van der Waals surface area contributed by atoms with Crippen LogP contribution < -0.4 is 26.2 Å². The summed E-state index contributed by atoms with van der Waals surface area (Å²) in [6.07, 6.45) is 0. The first kappa shape index (κ1) is 43.3. The molecular formula is C64H61BN2O2. The van der Waals surface area contributed by atoms with Gasteiger partial charge >= 0.3 is 0 Å². The maximum Gasteiger partial charge on any atom is 0.252 e. The summed E-state index contributed by atoms with van der Waals surface area (Å²) in [4.78, 5) is 5.10. The molecule has 4 heterocycles. The Kier molecular flexibility index (Phi) is 9.27. The minimum Gasteiger partial charge on any atom is -0.456 e. The van der Waals surface area contributed by atoms with Gasteiger partial charge in [0.15, 0.2) is 0 Å². The van der Waals surface area contributed by atoms with E-state index in [0.29, 0.717) is 0 Å². The molecule has 12 rings (SSSR count).